The van der Waals surface area contributed by atoms with Crippen LogP contribution in [0.2, 0.25) is 5.02 Å². The molecule has 0 aliphatic heterocycles. The number of hydrogen-bond donors (Lipinski definition) is 1. The SMILES string of the molecule is Cc1ccc(C(CNC(=O)c2ccc(Cl)cc2)N(C)C)cc1. The molecule has 116 valence electrons. The number of aryl methyl sites for hydroxylation is 1. The van der Waals surface area contributed by atoms with Crippen LogP contribution in [0.15, 0.2) is 48.5 Å². The third-order valence-corrected chi connectivity index (χ3v) is 3.90. The van der Waals surface area contributed by atoms with E-state index in [-0.39, 0.29) is 11.9 Å². The van der Waals surface area contributed by atoms with Gasteiger partial charge in [-0.3, -0.25) is 4.79 Å². The number of hydrogen-bond acceptors (Lipinski definition) is 2. The lowest BCUT2D eigenvalue weighted by Gasteiger charge is -2.25. The van der Waals surface area contributed by atoms with Gasteiger partial charge in [-0.1, -0.05) is 41.4 Å². The Kier molecular flexibility index (Phi) is 5.58. The Balaban J connectivity index is 2.04. The van der Waals surface area contributed by atoms with Crippen molar-refractivity contribution in [3.05, 3.63) is 70.2 Å². The number of halogens is 1. The van der Waals surface area contributed by atoms with Crippen molar-refractivity contribution in [2.24, 2.45) is 0 Å². The molecule has 0 spiro atoms. The summed E-state index contributed by atoms with van der Waals surface area (Å²) in [7, 11) is 4.03. The van der Waals surface area contributed by atoms with Gasteiger partial charge < -0.3 is 10.2 Å². The molecule has 0 aliphatic carbocycles. The Morgan fingerprint density at radius 2 is 1.68 bits per heavy atom. The largest absolute Gasteiger partial charge is 0.350 e. The second-order valence-electron chi connectivity index (χ2n) is 5.61. The fourth-order valence-corrected chi connectivity index (χ4v) is 2.41. The second kappa shape index (κ2) is 7.43. The van der Waals surface area contributed by atoms with E-state index in [1.165, 1.54) is 11.1 Å². The molecule has 0 radical (unpaired) electrons. The average Bonchev–Trinajstić information content (AvgIpc) is 2.49. The standard InChI is InChI=1S/C18H21ClN2O/c1-13-4-6-14(7-5-13)17(21(2)3)12-20-18(22)15-8-10-16(19)11-9-15/h4-11,17H,12H2,1-3H3,(H,20,22). The molecule has 0 saturated heterocycles. The van der Waals surface area contributed by atoms with Gasteiger partial charge in [0.05, 0.1) is 6.04 Å². The minimum absolute atomic E-state index is 0.0874. The zero-order valence-corrected chi connectivity index (χ0v) is 13.9. The normalized spacial score (nSPS) is 12.2. The Bertz CT molecular complexity index is 621. The molecule has 1 atom stereocenters. The van der Waals surface area contributed by atoms with Crippen LogP contribution < -0.4 is 5.32 Å². The molecule has 0 saturated carbocycles. The van der Waals surface area contributed by atoms with E-state index in [1.807, 2.05) is 14.1 Å². The zero-order chi connectivity index (χ0) is 16.1. The van der Waals surface area contributed by atoms with Crippen molar-refractivity contribution in [2.75, 3.05) is 20.6 Å². The maximum atomic E-state index is 12.2. The number of carbonyl (C=O) groups excluding carboxylic acids is 1. The quantitative estimate of drug-likeness (QED) is 0.912. The third kappa shape index (κ3) is 4.33. The van der Waals surface area contributed by atoms with Crippen molar-refractivity contribution in [2.45, 2.75) is 13.0 Å². The molecule has 22 heavy (non-hydrogen) atoms. The summed E-state index contributed by atoms with van der Waals surface area (Å²) in [4.78, 5) is 14.3. The van der Waals surface area contributed by atoms with Gasteiger partial charge in [0.15, 0.2) is 0 Å². The number of likely N-dealkylation sites (N-methyl/N-ethyl adjacent to an activating group) is 1. The number of rotatable bonds is 5. The maximum Gasteiger partial charge on any atom is 0.251 e. The van der Waals surface area contributed by atoms with Crippen molar-refractivity contribution >= 4 is 17.5 Å². The molecule has 0 bridgehead atoms. The first-order valence-electron chi connectivity index (χ1n) is 7.24. The van der Waals surface area contributed by atoms with Gasteiger partial charge in [0.2, 0.25) is 0 Å². The highest BCUT2D eigenvalue weighted by Crippen LogP contribution is 2.18. The van der Waals surface area contributed by atoms with Gasteiger partial charge in [0, 0.05) is 17.1 Å². The highest BCUT2D eigenvalue weighted by molar-refractivity contribution is 6.30. The summed E-state index contributed by atoms with van der Waals surface area (Å²) in [5.41, 5.74) is 3.03. The first kappa shape index (κ1) is 16.5. The van der Waals surface area contributed by atoms with Crippen molar-refractivity contribution < 1.29 is 4.79 Å². The van der Waals surface area contributed by atoms with E-state index in [9.17, 15) is 4.79 Å². The predicted octanol–water partition coefficient (Wildman–Crippen LogP) is 3.68. The number of carbonyl (C=O) groups is 1. The van der Waals surface area contributed by atoms with E-state index in [0.717, 1.165) is 0 Å². The smallest absolute Gasteiger partial charge is 0.251 e. The molecular formula is C18H21ClN2O. The molecule has 0 fully saturated rings. The lowest BCUT2D eigenvalue weighted by Crippen LogP contribution is -2.34. The summed E-state index contributed by atoms with van der Waals surface area (Å²) in [5, 5.41) is 3.62. The highest BCUT2D eigenvalue weighted by Gasteiger charge is 2.15. The fourth-order valence-electron chi connectivity index (χ4n) is 2.28. The summed E-state index contributed by atoms with van der Waals surface area (Å²) < 4.78 is 0. The molecule has 2 aromatic rings. The van der Waals surface area contributed by atoms with E-state index in [2.05, 4.69) is 41.4 Å². The summed E-state index contributed by atoms with van der Waals surface area (Å²) >= 11 is 5.84. The molecule has 1 unspecified atom stereocenters. The van der Waals surface area contributed by atoms with Gasteiger partial charge in [0.25, 0.3) is 5.91 Å². The van der Waals surface area contributed by atoms with Crippen LogP contribution in [0.25, 0.3) is 0 Å². The topological polar surface area (TPSA) is 32.3 Å². The molecule has 0 aliphatic rings. The number of nitrogens with one attached hydrogen (secondary N) is 1. The summed E-state index contributed by atoms with van der Waals surface area (Å²) in [6.07, 6.45) is 0. The third-order valence-electron chi connectivity index (χ3n) is 3.65. The Morgan fingerprint density at radius 3 is 2.23 bits per heavy atom. The van der Waals surface area contributed by atoms with Crippen molar-refractivity contribution in [1.82, 2.24) is 10.2 Å². The van der Waals surface area contributed by atoms with Crippen LogP contribution in [0.1, 0.15) is 27.5 Å². The summed E-state index contributed by atoms with van der Waals surface area (Å²) in [6, 6.07) is 15.4. The van der Waals surface area contributed by atoms with Crippen molar-refractivity contribution in [1.29, 1.82) is 0 Å². The molecule has 4 heteroatoms. The van der Waals surface area contributed by atoms with Crippen LogP contribution in [0.5, 0.6) is 0 Å². The fraction of sp³-hybridized carbons (Fsp3) is 0.278. The van der Waals surface area contributed by atoms with E-state index < -0.39 is 0 Å². The molecule has 0 heterocycles. The molecule has 0 aromatic heterocycles. The van der Waals surface area contributed by atoms with Gasteiger partial charge in [-0.2, -0.15) is 0 Å². The lowest BCUT2D eigenvalue weighted by molar-refractivity contribution is 0.0942. The van der Waals surface area contributed by atoms with E-state index in [4.69, 9.17) is 11.6 Å². The molecule has 2 aromatic carbocycles. The predicted molar refractivity (Wildman–Crippen MR) is 91.4 cm³/mol. The molecule has 1 N–H and O–H groups in total. The van der Waals surface area contributed by atoms with Crippen molar-refractivity contribution in [3.8, 4) is 0 Å². The van der Waals surface area contributed by atoms with Crippen LogP contribution in [0.3, 0.4) is 0 Å². The molecule has 3 nitrogen and oxygen atoms in total. The van der Waals surface area contributed by atoms with E-state index in [0.29, 0.717) is 17.1 Å². The first-order chi connectivity index (χ1) is 10.5. The van der Waals surface area contributed by atoms with Gasteiger partial charge in [0.1, 0.15) is 0 Å². The van der Waals surface area contributed by atoms with Gasteiger partial charge >= 0.3 is 0 Å². The minimum atomic E-state index is -0.0874. The maximum absolute atomic E-state index is 12.2. The van der Waals surface area contributed by atoms with E-state index >= 15 is 0 Å². The van der Waals surface area contributed by atoms with Crippen LogP contribution in [-0.4, -0.2) is 31.4 Å². The summed E-state index contributed by atoms with van der Waals surface area (Å²) in [5.74, 6) is -0.0874. The van der Waals surface area contributed by atoms with Gasteiger partial charge in [-0.05, 0) is 50.8 Å². The molecule has 2 rings (SSSR count). The lowest BCUT2D eigenvalue weighted by atomic mass is 10.0. The summed E-state index contributed by atoms with van der Waals surface area (Å²) in [6.45, 7) is 2.62. The first-order valence-corrected chi connectivity index (χ1v) is 7.62. The van der Waals surface area contributed by atoms with Crippen LogP contribution in [-0.2, 0) is 0 Å². The van der Waals surface area contributed by atoms with E-state index in [1.54, 1.807) is 24.3 Å². The van der Waals surface area contributed by atoms with Crippen LogP contribution in [0.4, 0.5) is 0 Å². The molecular weight excluding hydrogens is 296 g/mol. The second-order valence-corrected chi connectivity index (χ2v) is 6.04. The van der Waals surface area contributed by atoms with Crippen LogP contribution in [0, 0.1) is 6.92 Å². The minimum Gasteiger partial charge on any atom is -0.350 e. The Hall–Kier alpha value is -1.84. The van der Waals surface area contributed by atoms with Gasteiger partial charge in [-0.15, -0.1) is 0 Å². The zero-order valence-electron chi connectivity index (χ0n) is 13.1. The highest BCUT2D eigenvalue weighted by atomic mass is 35.5. The monoisotopic (exact) mass is 316 g/mol. The van der Waals surface area contributed by atoms with Gasteiger partial charge in [-0.25, -0.2) is 0 Å². The Labute approximate surface area is 136 Å². The Morgan fingerprint density at radius 1 is 1.09 bits per heavy atom. The average molecular weight is 317 g/mol. The molecule has 1 amide bonds. The number of amides is 1. The number of nitrogens with zero attached hydrogens (tertiary/aromatic N) is 1. The van der Waals surface area contributed by atoms with Crippen molar-refractivity contribution in [3.63, 3.8) is 0 Å². The number of benzene rings is 2. The van der Waals surface area contributed by atoms with Crippen LogP contribution >= 0.6 is 11.6 Å².